The molecule has 4 rings (SSSR count). The highest BCUT2D eigenvalue weighted by Crippen LogP contribution is 2.32. The second kappa shape index (κ2) is 12.5. The van der Waals surface area contributed by atoms with Gasteiger partial charge in [0.1, 0.15) is 5.75 Å². The van der Waals surface area contributed by atoms with Crippen molar-refractivity contribution in [3.05, 3.63) is 57.9 Å². The molecule has 5 nitrogen and oxygen atoms in total. The molecule has 2 atom stereocenters. The molecule has 0 aliphatic carbocycles. The quantitative estimate of drug-likeness (QED) is 0.317. The Kier molecular flexibility index (Phi) is 9.16. The number of carboxylic acids is 1. The van der Waals surface area contributed by atoms with Gasteiger partial charge in [-0.1, -0.05) is 0 Å². The number of rotatable bonds is 12. The third-order valence-corrected chi connectivity index (χ3v) is 8.52. The van der Waals surface area contributed by atoms with Crippen LogP contribution >= 0.6 is 11.3 Å². The van der Waals surface area contributed by atoms with Gasteiger partial charge in [0.2, 0.25) is 0 Å². The fourth-order valence-corrected chi connectivity index (χ4v) is 6.49. The van der Waals surface area contributed by atoms with Crippen LogP contribution in [0.1, 0.15) is 53.8 Å². The van der Waals surface area contributed by atoms with Gasteiger partial charge in [-0.3, -0.25) is 9.78 Å². The topological polar surface area (TPSA) is 62.7 Å². The summed E-state index contributed by atoms with van der Waals surface area (Å²) in [4.78, 5) is 21.2. The summed E-state index contributed by atoms with van der Waals surface area (Å²) in [5.41, 5.74) is 2.32. The monoisotopic (exact) mass is 494 g/mol. The molecular weight excluding hydrogens is 456 g/mol. The molecule has 1 fully saturated rings. The minimum Gasteiger partial charge on any atom is -0.497 e. The van der Waals surface area contributed by atoms with E-state index in [9.17, 15) is 9.90 Å². The van der Waals surface area contributed by atoms with E-state index in [2.05, 4.69) is 41.1 Å². The van der Waals surface area contributed by atoms with Crippen molar-refractivity contribution in [1.82, 2.24) is 9.88 Å². The zero-order chi connectivity index (χ0) is 24.6. The van der Waals surface area contributed by atoms with E-state index in [1.54, 1.807) is 7.11 Å². The summed E-state index contributed by atoms with van der Waals surface area (Å²) in [6.45, 7) is 5.45. The van der Waals surface area contributed by atoms with Gasteiger partial charge in [-0.05, 0) is 119 Å². The Morgan fingerprint density at radius 3 is 2.80 bits per heavy atom. The number of ether oxygens (including phenoxy) is 1. The molecule has 35 heavy (non-hydrogen) atoms. The average Bonchev–Trinajstić information content (AvgIpc) is 3.28. The molecule has 188 valence electrons. The maximum atomic E-state index is 11.3. The number of methoxy groups -OCH3 is 1. The molecule has 1 aromatic carbocycles. The summed E-state index contributed by atoms with van der Waals surface area (Å²) in [5.74, 6) is 1.26. The highest BCUT2D eigenvalue weighted by molar-refractivity contribution is 7.11. The summed E-state index contributed by atoms with van der Waals surface area (Å²) < 4.78 is 5.42. The molecule has 2 unspecified atom stereocenters. The number of hydrogen-bond acceptors (Lipinski definition) is 5. The number of piperidine rings is 1. The number of carbonyl (C=O) groups is 1. The molecule has 1 aliphatic rings. The lowest BCUT2D eigenvalue weighted by Gasteiger charge is -2.39. The lowest BCUT2D eigenvalue weighted by Crippen LogP contribution is -2.41. The van der Waals surface area contributed by atoms with E-state index < -0.39 is 5.97 Å². The predicted octanol–water partition coefficient (Wildman–Crippen LogP) is 6.37. The Morgan fingerprint density at radius 1 is 1.14 bits per heavy atom. The Balaban J connectivity index is 1.31. The fraction of sp³-hybridized carbons (Fsp3) is 0.517. The van der Waals surface area contributed by atoms with Crippen LogP contribution in [0.5, 0.6) is 5.75 Å². The van der Waals surface area contributed by atoms with Gasteiger partial charge in [-0.15, -0.1) is 11.3 Å². The Bertz CT molecular complexity index is 1110. The van der Waals surface area contributed by atoms with Crippen molar-refractivity contribution in [3.8, 4) is 5.75 Å². The molecule has 0 saturated carbocycles. The molecule has 0 amide bonds. The molecule has 2 aromatic heterocycles. The number of thiophene rings is 1. The van der Waals surface area contributed by atoms with Crippen LogP contribution in [0.25, 0.3) is 10.9 Å². The predicted molar refractivity (Wildman–Crippen MR) is 144 cm³/mol. The van der Waals surface area contributed by atoms with Gasteiger partial charge in [0, 0.05) is 34.3 Å². The lowest BCUT2D eigenvalue weighted by atomic mass is 9.79. The van der Waals surface area contributed by atoms with E-state index in [4.69, 9.17) is 4.74 Å². The number of aryl methyl sites for hydroxylation is 3. The molecule has 1 aliphatic heterocycles. The van der Waals surface area contributed by atoms with Crippen LogP contribution in [0.4, 0.5) is 0 Å². The molecule has 3 heterocycles. The van der Waals surface area contributed by atoms with E-state index in [0.717, 1.165) is 63.0 Å². The third kappa shape index (κ3) is 7.28. The number of carboxylic acid groups (broad SMARTS) is 1. The van der Waals surface area contributed by atoms with E-state index >= 15 is 0 Å². The molecule has 0 spiro atoms. The molecule has 1 saturated heterocycles. The Morgan fingerprint density at radius 2 is 2.03 bits per heavy atom. The number of fused-ring (bicyclic) bond motifs is 1. The normalized spacial score (nSPS) is 18.7. The van der Waals surface area contributed by atoms with Crippen molar-refractivity contribution in [1.29, 1.82) is 0 Å². The second-order valence-corrected chi connectivity index (χ2v) is 11.3. The van der Waals surface area contributed by atoms with Gasteiger partial charge in [0.05, 0.1) is 12.6 Å². The van der Waals surface area contributed by atoms with Crippen LogP contribution in [-0.2, 0) is 17.6 Å². The van der Waals surface area contributed by atoms with E-state index in [1.165, 1.54) is 33.5 Å². The molecule has 0 bridgehead atoms. The van der Waals surface area contributed by atoms with Crippen LogP contribution in [0, 0.1) is 18.8 Å². The molecule has 6 heteroatoms. The average molecular weight is 495 g/mol. The highest BCUT2D eigenvalue weighted by Gasteiger charge is 2.29. The van der Waals surface area contributed by atoms with Gasteiger partial charge in [0.15, 0.2) is 0 Å². The Labute approximate surface area is 213 Å². The minimum atomic E-state index is -0.675. The van der Waals surface area contributed by atoms with Crippen molar-refractivity contribution in [2.45, 2.75) is 58.3 Å². The first kappa shape index (κ1) is 25.6. The third-order valence-electron chi connectivity index (χ3n) is 7.46. The summed E-state index contributed by atoms with van der Waals surface area (Å²) in [7, 11) is 1.70. The minimum absolute atomic E-state index is 0.276. The number of nitrogens with zero attached hydrogens (tertiary/aromatic N) is 2. The number of aromatic nitrogens is 1. The fourth-order valence-electron chi connectivity index (χ4n) is 5.55. The number of benzene rings is 1. The summed E-state index contributed by atoms with van der Waals surface area (Å²) in [5, 5.41) is 10.5. The SMILES string of the molecule is COc1ccc2nccc(CCCC3CCN(CCCc4ccc(C)s4)CC3CCC(=O)O)c2c1. The van der Waals surface area contributed by atoms with E-state index in [1.807, 2.05) is 29.7 Å². The van der Waals surface area contributed by atoms with Crippen molar-refractivity contribution < 1.29 is 14.6 Å². The van der Waals surface area contributed by atoms with Gasteiger partial charge in [-0.2, -0.15) is 0 Å². The van der Waals surface area contributed by atoms with Crippen LogP contribution in [0.2, 0.25) is 0 Å². The molecule has 3 aromatic rings. The van der Waals surface area contributed by atoms with Crippen LogP contribution in [0.3, 0.4) is 0 Å². The summed E-state index contributed by atoms with van der Waals surface area (Å²) in [6.07, 6.45) is 9.73. The van der Waals surface area contributed by atoms with Gasteiger partial charge in [-0.25, -0.2) is 0 Å². The smallest absolute Gasteiger partial charge is 0.303 e. The highest BCUT2D eigenvalue weighted by atomic mass is 32.1. The lowest BCUT2D eigenvalue weighted by molar-refractivity contribution is -0.137. The van der Waals surface area contributed by atoms with Gasteiger partial charge in [0.25, 0.3) is 0 Å². The first-order valence-corrected chi connectivity index (χ1v) is 13.7. The largest absolute Gasteiger partial charge is 0.497 e. The molecular formula is C29H38N2O3S. The van der Waals surface area contributed by atoms with Gasteiger partial charge >= 0.3 is 5.97 Å². The molecule has 1 N–H and O–H groups in total. The standard InChI is InChI=1S/C29H38N2O3S/c1-21-8-11-26(35-21)7-4-17-31-18-15-22(24(20-31)9-13-29(32)33)5-3-6-23-14-16-30-28-12-10-25(34-2)19-27(23)28/h8,10-12,14,16,19,22,24H,3-7,9,13,15,17-18,20H2,1-2H3,(H,32,33). The zero-order valence-corrected chi connectivity index (χ0v) is 21.9. The first-order valence-electron chi connectivity index (χ1n) is 12.9. The number of hydrogen-bond donors (Lipinski definition) is 1. The van der Waals surface area contributed by atoms with E-state index in [-0.39, 0.29) is 6.42 Å². The van der Waals surface area contributed by atoms with Crippen molar-refractivity contribution in [2.24, 2.45) is 11.8 Å². The van der Waals surface area contributed by atoms with Crippen molar-refractivity contribution >= 4 is 28.2 Å². The number of aliphatic carboxylic acids is 1. The first-order chi connectivity index (χ1) is 17.0. The maximum absolute atomic E-state index is 11.3. The Hall–Kier alpha value is -2.44. The maximum Gasteiger partial charge on any atom is 0.303 e. The van der Waals surface area contributed by atoms with Crippen LogP contribution < -0.4 is 4.74 Å². The summed E-state index contributed by atoms with van der Waals surface area (Å²) in [6, 6.07) is 12.7. The number of pyridine rings is 1. The van der Waals surface area contributed by atoms with Crippen molar-refractivity contribution in [2.75, 3.05) is 26.7 Å². The zero-order valence-electron chi connectivity index (χ0n) is 21.0. The van der Waals surface area contributed by atoms with Crippen molar-refractivity contribution in [3.63, 3.8) is 0 Å². The van der Waals surface area contributed by atoms with Gasteiger partial charge < -0.3 is 14.7 Å². The summed E-state index contributed by atoms with van der Waals surface area (Å²) >= 11 is 1.90. The molecule has 0 radical (unpaired) electrons. The second-order valence-electron chi connectivity index (χ2n) is 9.90. The van der Waals surface area contributed by atoms with Crippen LogP contribution in [0.15, 0.2) is 42.6 Å². The number of likely N-dealkylation sites (tertiary alicyclic amines) is 1. The van der Waals surface area contributed by atoms with E-state index in [0.29, 0.717) is 11.8 Å². The van der Waals surface area contributed by atoms with Crippen LogP contribution in [-0.4, -0.2) is 47.7 Å².